The number of hydrogen-bond donors (Lipinski definition) is 1. The maximum atomic E-state index is 13.9. The molecule has 2 aromatic heterocycles. The molecule has 0 bridgehead atoms. The van der Waals surface area contributed by atoms with Gasteiger partial charge in [-0.15, -0.1) is 11.3 Å². The molecule has 7 heteroatoms. The van der Waals surface area contributed by atoms with Crippen molar-refractivity contribution in [1.29, 1.82) is 0 Å². The zero-order valence-electron chi connectivity index (χ0n) is 20.2. The molecule has 6 nitrogen and oxygen atoms in total. The van der Waals surface area contributed by atoms with Gasteiger partial charge in [-0.2, -0.15) is 0 Å². The molecule has 1 N–H and O–H groups in total. The Kier molecular flexibility index (Phi) is 6.24. The van der Waals surface area contributed by atoms with Crippen molar-refractivity contribution >= 4 is 28.7 Å². The minimum absolute atomic E-state index is 0.0345. The van der Waals surface area contributed by atoms with Gasteiger partial charge in [-0.05, 0) is 42.2 Å². The first-order valence-electron chi connectivity index (χ1n) is 11.7. The lowest BCUT2D eigenvalue weighted by Gasteiger charge is -2.27. The van der Waals surface area contributed by atoms with E-state index in [1.165, 1.54) is 16.2 Å². The van der Waals surface area contributed by atoms with Crippen LogP contribution in [-0.2, 0) is 4.79 Å². The summed E-state index contributed by atoms with van der Waals surface area (Å²) in [5, 5.41) is 11.7. The van der Waals surface area contributed by atoms with E-state index >= 15 is 0 Å². The van der Waals surface area contributed by atoms with Crippen LogP contribution in [0.2, 0.25) is 0 Å². The summed E-state index contributed by atoms with van der Waals surface area (Å²) in [4.78, 5) is 38.0. The summed E-state index contributed by atoms with van der Waals surface area (Å²) in [6.07, 6.45) is 3.25. The highest BCUT2D eigenvalue weighted by Crippen LogP contribution is 2.43. The van der Waals surface area contributed by atoms with Crippen molar-refractivity contribution in [3.63, 3.8) is 0 Å². The minimum Gasteiger partial charge on any atom is -0.503 e. The fourth-order valence-electron chi connectivity index (χ4n) is 4.41. The number of aliphatic hydroxyl groups is 1. The molecule has 3 heterocycles. The molecule has 180 valence electrons. The molecule has 1 amide bonds. The topological polar surface area (TPSA) is 83.4 Å². The Balaban J connectivity index is 1.60. The first-order valence-corrected chi connectivity index (χ1v) is 12.5. The van der Waals surface area contributed by atoms with Crippen LogP contribution in [0.25, 0.3) is 10.6 Å². The number of carbonyl (C=O) groups is 2. The number of anilines is 1. The summed E-state index contributed by atoms with van der Waals surface area (Å²) in [5.74, 6) is -1.24. The van der Waals surface area contributed by atoms with E-state index in [1.54, 1.807) is 31.5 Å². The third-order valence-corrected chi connectivity index (χ3v) is 7.52. The number of rotatable bonds is 6. The van der Waals surface area contributed by atoms with E-state index in [-0.39, 0.29) is 5.57 Å². The van der Waals surface area contributed by atoms with Crippen molar-refractivity contribution in [1.82, 2.24) is 9.97 Å². The van der Waals surface area contributed by atoms with Gasteiger partial charge >= 0.3 is 0 Å². The molecule has 0 spiro atoms. The number of Topliss-reactive ketones (excluding diaryl/α,β-unsaturated/α-hetero) is 1. The predicted octanol–water partition coefficient (Wildman–Crippen LogP) is 6.42. The van der Waals surface area contributed by atoms with Crippen LogP contribution in [0.5, 0.6) is 0 Å². The summed E-state index contributed by atoms with van der Waals surface area (Å²) in [5.41, 5.74) is 3.86. The number of amides is 1. The largest absolute Gasteiger partial charge is 0.503 e. The van der Waals surface area contributed by atoms with Gasteiger partial charge in [0.15, 0.2) is 5.76 Å². The van der Waals surface area contributed by atoms with Crippen molar-refractivity contribution in [2.24, 2.45) is 0 Å². The third kappa shape index (κ3) is 4.12. The quantitative estimate of drug-likeness (QED) is 0.312. The van der Waals surface area contributed by atoms with Gasteiger partial charge in [-0.3, -0.25) is 19.5 Å². The van der Waals surface area contributed by atoms with Gasteiger partial charge in [0.05, 0.1) is 22.2 Å². The van der Waals surface area contributed by atoms with Crippen LogP contribution in [0.15, 0.2) is 90.5 Å². The number of aromatic nitrogens is 2. The van der Waals surface area contributed by atoms with E-state index in [4.69, 9.17) is 0 Å². The standard InChI is InChI=1S/C29H25N3O3S/c1-17(2)19-11-13-22(14-12-19)32-24(21-10-7-15-30-16-21)23(26(34)29(32)35)25(33)27-18(3)31-28(36-27)20-8-5-4-6-9-20/h4-17,24,34H,1-3H3. The van der Waals surface area contributed by atoms with Crippen LogP contribution in [0.3, 0.4) is 0 Å². The monoisotopic (exact) mass is 495 g/mol. The van der Waals surface area contributed by atoms with Crippen molar-refractivity contribution < 1.29 is 14.7 Å². The third-order valence-electron chi connectivity index (χ3n) is 6.31. The molecular formula is C29H25N3O3S. The number of aryl methyl sites for hydroxylation is 1. The number of pyridine rings is 1. The van der Waals surface area contributed by atoms with Gasteiger partial charge in [-0.25, -0.2) is 4.98 Å². The smallest absolute Gasteiger partial charge is 0.294 e. The Labute approximate surface area is 213 Å². The van der Waals surface area contributed by atoms with Crippen LogP contribution < -0.4 is 4.90 Å². The van der Waals surface area contributed by atoms with Gasteiger partial charge < -0.3 is 5.11 Å². The Bertz CT molecular complexity index is 1460. The SMILES string of the molecule is Cc1nc(-c2ccccc2)sc1C(=O)C1=C(O)C(=O)N(c2ccc(C(C)C)cc2)C1c1cccnc1. The molecule has 0 saturated carbocycles. The molecule has 36 heavy (non-hydrogen) atoms. The maximum Gasteiger partial charge on any atom is 0.294 e. The lowest BCUT2D eigenvalue weighted by atomic mass is 9.95. The maximum absolute atomic E-state index is 13.9. The minimum atomic E-state index is -0.815. The summed E-state index contributed by atoms with van der Waals surface area (Å²) in [6.45, 7) is 5.96. The van der Waals surface area contributed by atoms with Crippen LogP contribution in [0, 0.1) is 6.92 Å². The molecule has 0 aliphatic carbocycles. The number of hydrogen-bond acceptors (Lipinski definition) is 6. The Morgan fingerprint density at radius 2 is 1.75 bits per heavy atom. The van der Waals surface area contributed by atoms with Crippen LogP contribution in [0.1, 0.15) is 52.3 Å². The molecule has 1 unspecified atom stereocenters. The normalized spacial score (nSPS) is 15.7. The highest BCUT2D eigenvalue weighted by Gasteiger charge is 2.45. The average Bonchev–Trinajstić information content (AvgIpc) is 3.42. The highest BCUT2D eigenvalue weighted by atomic mass is 32.1. The van der Waals surface area contributed by atoms with E-state index in [0.717, 1.165) is 11.1 Å². The van der Waals surface area contributed by atoms with Crippen LogP contribution in [0.4, 0.5) is 5.69 Å². The van der Waals surface area contributed by atoms with Crippen molar-refractivity contribution in [2.45, 2.75) is 32.7 Å². The Hall–Kier alpha value is -4.10. The van der Waals surface area contributed by atoms with Crippen molar-refractivity contribution in [2.75, 3.05) is 4.90 Å². The lowest BCUT2D eigenvalue weighted by Crippen LogP contribution is -2.31. The average molecular weight is 496 g/mol. The Morgan fingerprint density at radius 1 is 1.03 bits per heavy atom. The fraction of sp³-hybridized carbons (Fsp3) is 0.172. The molecular weight excluding hydrogens is 470 g/mol. The first kappa shape index (κ1) is 23.6. The summed E-state index contributed by atoms with van der Waals surface area (Å²) in [6, 6.07) is 20.0. The van der Waals surface area contributed by atoms with Crippen molar-refractivity contribution in [3.8, 4) is 10.6 Å². The number of ketones is 1. The van der Waals surface area contributed by atoms with E-state index in [0.29, 0.717) is 32.7 Å². The molecule has 0 radical (unpaired) electrons. The van der Waals surface area contributed by atoms with E-state index in [1.807, 2.05) is 54.6 Å². The zero-order chi connectivity index (χ0) is 25.4. The number of aliphatic hydroxyl groups excluding tert-OH is 1. The second-order valence-electron chi connectivity index (χ2n) is 9.00. The molecule has 0 saturated heterocycles. The molecule has 1 aliphatic rings. The summed E-state index contributed by atoms with van der Waals surface area (Å²) < 4.78 is 0. The second-order valence-corrected chi connectivity index (χ2v) is 10.0. The highest BCUT2D eigenvalue weighted by molar-refractivity contribution is 7.17. The van der Waals surface area contributed by atoms with Gasteiger partial charge in [0.1, 0.15) is 5.01 Å². The van der Waals surface area contributed by atoms with Gasteiger partial charge in [0.25, 0.3) is 5.91 Å². The Morgan fingerprint density at radius 3 is 2.39 bits per heavy atom. The number of thiazole rings is 1. The van der Waals surface area contributed by atoms with Gasteiger partial charge in [0.2, 0.25) is 5.78 Å². The zero-order valence-corrected chi connectivity index (χ0v) is 21.0. The predicted molar refractivity (Wildman–Crippen MR) is 141 cm³/mol. The first-order chi connectivity index (χ1) is 17.4. The number of carbonyl (C=O) groups excluding carboxylic acids is 2. The number of benzene rings is 2. The molecule has 0 fully saturated rings. The molecule has 1 atom stereocenters. The van der Waals surface area contributed by atoms with E-state index in [9.17, 15) is 14.7 Å². The molecule has 1 aliphatic heterocycles. The van der Waals surface area contributed by atoms with Crippen molar-refractivity contribution in [3.05, 3.63) is 112 Å². The van der Waals surface area contributed by atoms with Gasteiger partial charge in [0, 0.05) is 23.6 Å². The molecule has 4 aromatic rings. The summed E-state index contributed by atoms with van der Waals surface area (Å²) in [7, 11) is 0. The molecule has 2 aromatic carbocycles. The molecule has 5 rings (SSSR count). The second kappa shape index (κ2) is 9.51. The van der Waals surface area contributed by atoms with E-state index < -0.39 is 23.5 Å². The van der Waals surface area contributed by atoms with Crippen LogP contribution in [-0.4, -0.2) is 26.8 Å². The number of nitrogens with zero attached hydrogens (tertiary/aromatic N) is 3. The van der Waals surface area contributed by atoms with Crippen LogP contribution >= 0.6 is 11.3 Å². The van der Waals surface area contributed by atoms with E-state index in [2.05, 4.69) is 23.8 Å². The summed E-state index contributed by atoms with van der Waals surface area (Å²) >= 11 is 1.26. The fourth-order valence-corrected chi connectivity index (χ4v) is 5.44. The lowest BCUT2D eigenvalue weighted by molar-refractivity contribution is -0.117. The van der Waals surface area contributed by atoms with Gasteiger partial charge in [-0.1, -0.05) is 62.4 Å².